The van der Waals surface area contributed by atoms with Gasteiger partial charge in [0.1, 0.15) is 18.2 Å². The number of benzene rings is 1. The van der Waals surface area contributed by atoms with Gasteiger partial charge in [0.25, 0.3) is 0 Å². The number of fused-ring (bicyclic) bond motifs is 2. The summed E-state index contributed by atoms with van der Waals surface area (Å²) in [7, 11) is 0. The molecule has 2 aliphatic rings. The van der Waals surface area contributed by atoms with Crippen molar-refractivity contribution in [3.05, 3.63) is 36.4 Å². The minimum Gasteiger partial charge on any atom is -0.466 e. The lowest BCUT2D eigenvalue weighted by atomic mass is 9.69. The van der Waals surface area contributed by atoms with Gasteiger partial charge in [-0.3, -0.25) is 14.4 Å². The fourth-order valence-corrected chi connectivity index (χ4v) is 5.25. The lowest BCUT2D eigenvalue weighted by molar-refractivity contribution is -0.156. The summed E-state index contributed by atoms with van der Waals surface area (Å²) in [6.45, 7) is 5.38. The van der Waals surface area contributed by atoms with Crippen molar-refractivity contribution in [2.24, 2.45) is 23.7 Å². The predicted octanol–water partition coefficient (Wildman–Crippen LogP) is 1.10. The Morgan fingerprint density at radius 2 is 2.00 bits per heavy atom. The lowest BCUT2D eigenvalue weighted by Gasteiger charge is -2.33. The van der Waals surface area contributed by atoms with Gasteiger partial charge in [-0.15, -0.1) is 5.10 Å². The highest BCUT2D eigenvalue weighted by Gasteiger charge is 2.58. The third-order valence-corrected chi connectivity index (χ3v) is 6.91. The Hall–Kier alpha value is -3.27. The summed E-state index contributed by atoms with van der Waals surface area (Å²) in [4.78, 5) is 41.4. The molecule has 2 heterocycles. The van der Waals surface area contributed by atoms with E-state index in [1.165, 1.54) is 4.90 Å². The quantitative estimate of drug-likeness (QED) is 0.438. The summed E-state index contributed by atoms with van der Waals surface area (Å²) in [5.41, 5.74) is 1.48. The van der Waals surface area contributed by atoms with E-state index >= 15 is 0 Å². The average Bonchev–Trinajstić information content (AvgIpc) is 3.40. The normalized spacial score (nSPS) is 27.0. The van der Waals surface area contributed by atoms with Gasteiger partial charge >= 0.3 is 5.97 Å². The van der Waals surface area contributed by atoms with Crippen molar-refractivity contribution >= 4 is 28.8 Å². The summed E-state index contributed by atoms with van der Waals surface area (Å²) in [5, 5.41) is 20.9. The van der Waals surface area contributed by atoms with Gasteiger partial charge in [-0.1, -0.05) is 36.4 Å². The zero-order chi connectivity index (χ0) is 24.4. The number of nitrogens with zero attached hydrogens (tertiary/aromatic N) is 4. The van der Waals surface area contributed by atoms with E-state index in [0.717, 1.165) is 5.52 Å². The Morgan fingerprint density at radius 3 is 2.71 bits per heavy atom. The lowest BCUT2D eigenvalue weighted by Crippen LogP contribution is -2.51. The molecule has 0 bridgehead atoms. The van der Waals surface area contributed by atoms with Crippen LogP contribution in [0.3, 0.4) is 0 Å². The summed E-state index contributed by atoms with van der Waals surface area (Å²) >= 11 is 0. The van der Waals surface area contributed by atoms with Gasteiger partial charge in [0.2, 0.25) is 11.8 Å². The summed E-state index contributed by atoms with van der Waals surface area (Å²) in [5.74, 6) is -3.15. The van der Waals surface area contributed by atoms with E-state index in [4.69, 9.17) is 4.74 Å². The molecule has 1 fully saturated rings. The highest BCUT2D eigenvalue weighted by molar-refractivity contribution is 5.96. The molecule has 0 radical (unpaired) electrons. The maximum absolute atomic E-state index is 13.6. The molecule has 4 rings (SSSR count). The number of hydrogen-bond donors (Lipinski definition) is 2. The van der Waals surface area contributed by atoms with Crippen molar-refractivity contribution < 1.29 is 24.2 Å². The highest BCUT2D eigenvalue weighted by Crippen LogP contribution is 2.45. The first-order valence-corrected chi connectivity index (χ1v) is 11.8. The molecule has 0 spiro atoms. The van der Waals surface area contributed by atoms with Crippen molar-refractivity contribution in [1.82, 2.24) is 25.2 Å². The molecular weight excluding hydrogens is 438 g/mol. The number of esters is 1. The van der Waals surface area contributed by atoms with Crippen molar-refractivity contribution in [3.8, 4) is 0 Å². The Morgan fingerprint density at radius 1 is 1.24 bits per heavy atom. The smallest absolute Gasteiger partial charge is 0.310 e. The molecule has 0 unspecified atom stereocenters. The largest absolute Gasteiger partial charge is 0.466 e. The van der Waals surface area contributed by atoms with Crippen molar-refractivity contribution in [1.29, 1.82) is 0 Å². The van der Waals surface area contributed by atoms with E-state index < -0.39 is 35.8 Å². The molecule has 2 amide bonds. The first-order valence-electron chi connectivity index (χ1n) is 11.8. The molecule has 1 aliphatic carbocycles. The number of carbonyl (C=O) groups excluding carboxylic acids is 3. The number of ether oxygens (including phenoxy) is 1. The number of carbonyl (C=O) groups is 3. The van der Waals surface area contributed by atoms with E-state index in [1.807, 2.05) is 43.3 Å². The molecule has 10 heteroatoms. The van der Waals surface area contributed by atoms with Gasteiger partial charge in [-0.25, -0.2) is 4.68 Å². The third-order valence-electron chi connectivity index (χ3n) is 6.91. The van der Waals surface area contributed by atoms with Crippen molar-refractivity contribution in [3.63, 3.8) is 0 Å². The van der Waals surface area contributed by atoms with Crippen LogP contribution in [0, 0.1) is 23.7 Å². The number of allylic oxidation sites excluding steroid dienone is 1. The Labute approximate surface area is 197 Å². The molecule has 1 saturated heterocycles. The molecule has 2 aromatic rings. The van der Waals surface area contributed by atoms with Crippen LogP contribution in [0.5, 0.6) is 0 Å². The van der Waals surface area contributed by atoms with Gasteiger partial charge in [-0.2, -0.15) is 0 Å². The number of nitrogens with one attached hydrogen (secondary N) is 1. The van der Waals surface area contributed by atoms with E-state index in [9.17, 15) is 19.5 Å². The first kappa shape index (κ1) is 23.9. The summed E-state index contributed by atoms with van der Waals surface area (Å²) < 4.78 is 6.89. The number of aromatic nitrogens is 3. The van der Waals surface area contributed by atoms with Crippen LogP contribution in [0.25, 0.3) is 11.0 Å². The molecule has 6 atom stereocenters. The van der Waals surface area contributed by atoms with E-state index in [-0.39, 0.29) is 37.6 Å². The number of para-hydroxylation sites is 1. The van der Waals surface area contributed by atoms with E-state index in [2.05, 4.69) is 15.6 Å². The van der Waals surface area contributed by atoms with Crippen LogP contribution < -0.4 is 5.32 Å². The van der Waals surface area contributed by atoms with E-state index in [1.54, 1.807) is 18.5 Å². The van der Waals surface area contributed by atoms with Gasteiger partial charge in [-0.05, 0) is 38.3 Å². The van der Waals surface area contributed by atoms with Crippen LogP contribution in [0.15, 0.2) is 36.4 Å². The third kappa shape index (κ3) is 4.06. The van der Waals surface area contributed by atoms with Gasteiger partial charge in [0.15, 0.2) is 0 Å². The fraction of sp³-hybridized carbons (Fsp3) is 0.542. The topological polar surface area (TPSA) is 127 Å². The SMILES string of the molecule is CCOC(=O)[C@H]1[C@@H]2C(=O)N([C@H](C)CO)[C@H](C(=O)NCn3nnc4ccccc43)[C@H]2C=C[C@H]1CC. The molecule has 2 N–H and O–H groups in total. The minimum absolute atomic E-state index is 0.0748. The number of hydrogen-bond acceptors (Lipinski definition) is 7. The second-order valence-electron chi connectivity index (χ2n) is 8.84. The molecule has 1 aliphatic heterocycles. The molecule has 34 heavy (non-hydrogen) atoms. The number of rotatable bonds is 8. The predicted molar refractivity (Wildman–Crippen MR) is 123 cm³/mol. The van der Waals surface area contributed by atoms with E-state index in [0.29, 0.717) is 11.9 Å². The Bertz CT molecular complexity index is 1100. The second-order valence-corrected chi connectivity index (χ2v) is 8.84. The van der Waals surface area contributed by atoms with Gasteiger partial charge in [0, 0.05) is 5.92 Å². The number of aliphatic hydroxyl groups excluding tert-OH is 1. The van der Waals surface area contributed by atoms with Gasteiger partial charge in [0.05, 0.1) is 36.6 Å². The zero-order valence-electron chi connectivity index (χ0n) is 19.6. The summed E-state index contributed by atoms with van der Waals surface area (Å²) in [6, 6.07) is 5.96. The number of amides is 2. The van der Waals surface area contributed by atoms with Crippen LogP contribution in [0.2, 0.25) is 0 Å². The zero-order valence-corrected chi connectivity index (χ0v) is 19.6. The second kappa shape index (κ2) is 9.92. The van der Waals surface area contributed by atoms with Crippen molar-refractivity contribution in [2.75, 3.05) is 13.2 Å². The monoisotopic (exact) mass is 469 g/mol. The summed E-state index contributed by atoms with van der Waals surface area (Å²) in [6.07, 6.45) is 4.47. The Balaban J connectivity index is 1.63. The minimum atomic E-state index is -0.861. The van der Waals surface area contributed by atoms with Crippen LogP contribution in [0.1, 0.15) is 27.2 Å². The van der Waals surface area contributed by atoms with Crippen LogP contribution in [0.4, 0.5) is 0 Å². The maximum Gasteiger partial charge on any atom is 0.310 e. The van der Waals surface area contributed by atoms with Crippen molar-refractivity contribution in [2.45, 2.75) is 45.9 Å². The molecule has 1 aromatic heterocycles. The van der Waals surface area contributed by atoms with Crippen LogP contribution in [-0.2, 0) is 25.8 Å². The molecular formula is C24H31N5O5. The fourth-order valence-electron chi connectivity index (χ4n) is 5.25. The standard InChI is InChI=1S/C24H31N5O5/c1-4-15-10-11-16-20(19(15)24(33)34-5-2)23(32)29(14(3)12-30)21(16)22(31)25-13-28-18-9-7-6-8-17(18)26-27-28/h6-11,14-16,19-21,30H,4-5,12-13H2,1-3H3,(H,25,31)/t14-,15-,16+,19-,20-,21+/m1/s1. The van der Waals surface area contributed by atoms with Gasteiger partial charge < -0.3 is 20.1 Å². The Kier molecular flexibility index (Phi) is 6.97. The molecule has 10 nitrogen and oxygen atoms in total. The molecule has 182 valence electrons. The maximum atomic E-state index is 13.6. The first-order chi connectivity index (χ1) is 16.4. The molecule has 1 aromatic carbocycles. The highest BCUT2D eigenvalue weighted by atomic mass is 16.5. The molecule has 0 saturated carbocycles. The number of likely N-dealkylation sites (tertiary alicyclic amines) is 1. The average molecular weight is 470 g/mol. The van der Waals surface area contributed by atoms with Crippen LogP contribution >= 0.6 is 0 Å². The number of aliphatic hydroxyl groups is 1. The van der Waals surface area contributed by atoms with Crippen LogP contribution in [-0.4, -0.2) is 68.1 Å².